The fourth-order valence-corrected chi connectivity index (χ4v) is 1.24. The summed E-state index contributed by atoms with van der Waals surface area (Å²) in [7, 11) is 0. The van der Waals surface area contributed by atoms with Crippen molar-refractivity contribution in [3.05, 3.63) is 10.4 Å². The summed E-state index contributed by atoms with van der Waals surface area (Å²) in [6, 6.07) is 0. The van der Waals surface area contributed by atoms with Gasteiger partial charge in [-0.2, -0.15) is 0 Å². The van der Waals surface area contributed by atoms with Gasteiger partial charge in [0.1, 0.15) is 5.69 Å². The Bertz CT molecular complexity index is 365. The Kier molecular flexibility index (Phi) is 3.78. The molecule has 0 radical (unpaired) electrons. The Morgan fingerprint density at radius 1 is 1.71 bits per heavy atom. The number of anilines is 2. The van der Waals surface area contributed by atoms with Crippen molar-refractivity contribution in [2.75, 3.05) is 30.5 Å². The van der Waals surface area contributed by atoms with Crippen LogP contribution >= 0.6 is 11.8 Å². The third kappa shape index (κ3) is 2.39. The molecule has 0 spiro atoms. The SMILES string of the molecule is CSc1nc(NCCO)c(N)c(=O)[nH]1. The summed E-state index contributed by atoms with van der Waals surface area (Å²) in [5, 5.41) is 11.8. The number of aliphatic hydroxyl groups is 1. The number of nitrogens with zero attached hydrogens (tertiary/aromatic N) is 1. The van der Waals surface area contributed by atoms with Crippen LogP contribution in [0.4, 0.5) is 11.5 Å². The lowest BCUT2D eigenvalue weighted by Gasteiger charge is -2.06. The first-order chi connectivity index (χ1) is 6.69. The molecule has 0 atom stereocenters. The highest BCUT2D eigenvalue weighted by atomic mass is 32.2. The first-order valence-corrected chi connectivity index (χ1v) is 5.20. The number of aliphatic hydroxyl groups excluding tert-OH is 1. The van der Waals surface area contributed by atoms with Gasteiger partial charge < -0.3 is 16.2 Å². The predicted octanol–water partition coefficient (Wildman–Crippen LogP) is -0.522. The third-order valence-electron chi connectivity index (χ3n) is 1.53. The standard InChI is InChI=1S/C7H12N4O2S/c1-14-7-10-5(9-2-3-12)4(8)6(13)11-7/h12H,2-3,8H2,1H3,(H2,9,10,11,13). The Morgan fingerprint density at radius 3 is 3.00 bits per heavy atom. The van der Waals surface area contributed by atoms with Crippen LogP contribution in [0.3, 0.4) is 0 Å². The van der Waals surface area contributed by atoms with Crippen molar-refractivity contribution in [3.8, 4) is 0 Å². The number of nitrogen functional groups attached to an aromatic ring is 1. The van der Waals surface area contributed by atoms with E-state index in [9.17, 15) is 4.79 Å². The Hall–Kier alpha value is -1.21. The van der Waals surface area contributed by atoms with Crippen LogP contribution in [0, 0.1) is 0 Å². The number of aromatic nitrogens is 2. The topological polar surface area (TPSA) is 104 Å². The van der Waals surface area contributed by atoms with Crippen LogP contribution in [0.1, 0.15) is 0 Å². The Morgan fingerprint density at radius 2 is 2.43 bits per heavy atom. The van der Waals surface area contributed by atoms with E-state index in [1.807, 2.05) is 0 Å². The molecule has 0 saturated heterocycles. The smallest absolute Gasteiger partial charge is 0.276 e. The van der Waals surface area contributed by atoms with Crippen molar-refractivity contribution in [3.63, 3.8) is 0 Å². The van der Waals surface area contributed by atoms with E-state index in [1.54, 1.807) is 6.26 Å². The molecule has 1 aromatic heterocycles. The van der Waals surface area contributed by atoms with Crippen LogP contribution in [0.5, 0.6) is 0 Å². The fourth-order valence-electron chi connectivity index (χ4n) is 0.867. The van der Waals surface area contributed by atoms with Crippen molar-refractivity contribution < 1.29 is 5.11 Å². The molecule has 7 heteroatoms. The van der Waals surface area contributed by atoms with Gasteiger partial charge in [0.15, 0.2) is 11.0 Å². The van der Waals surface area contributed by atoms with Gasteiger partial charge in [0, 0.05) is 6.54 Å². The third-order valence-corrected chi connectivity index (χ3v) is 2.11. The van der Waals surface area contributed by atoms with Crippen LogP contribution < -0.4 is 16.6 Å². The van der Waals surface area contributed by atoms with Gasteiger partial charge in [-0.15, -0.1) is 0 Å². The molecule has 14 heavy (non-hydrogen) atoms. The van der Waals surface area contributed by atoms with E-state index < -0.39 is 0 Å². The van der Waals surface area contributed by atoms with Gasteiger partial charge in [-0.25, -0.2) is 4.98 Å². The first-order valence-electron chi connectivity index (χ1n) is 3.97. The molecule has 6 nitrogen and oxygen atoms in total. The maximum atomic E-state index is 11.2. The molecular formula is C7H12N4O2S. The zero-order valence-electron chi connectivity index (χ0n) is 7.70. The van der Waals surface area contributed by atoms with E-state index in [-0.39, 0.29) is 17.9 Å². The van der Waals surface area contributed by atoms with Crippen molar-refractivity contribution in [2.24, 2.45) is 0 Å². The molecule has 0 aliphatic rings. The quantitative estimate of drug-likeness (QED) is 0.399. The van der Waals surface area contributed by atoms with Gasteiger partial charge in [-0.1, -0.05) is 11.8 Å². The molecule has 1 heterocycles. The second kappa shape index (κ2) is 4.87. The number of H-pyrrole nitrogens is 1. The average molecular weight is 216 g/mol. The molecule has 1 rings (SSSR count). The second-order valence-electron chi connectivity index (χ2n) is 2.49. The largest absolute Gasteiger partial charge is 0.395 e. The molecule has 0 saturated carbocycles. The number of nitrogens with one attached hydrogen (secondary N) is 2. The number of nitrogens with two attached hydrogens (primary N) is 1. The number of hydrogen-bond acceptors (Lipinski definition) is 6. The lowest BCUT2D eigenvalue weighted by atomic mass is 10.4. The van der Waals surface area contributed by atoms with Crippen LogP contribution in [-0.2, 0) is 0 Å². The highest BCUT2D eigenvalue weighted by Gasteiger charge is 2.06. The highest BCUT2D eigenvalue weighted by Crippen LogP contribution is 2.13. The summed E-state index contributed by atoms with van der Waals surface area (Å²) in [6.07, 6.45) is 1.80. The monoisotopic (exact) mass is 216 g/mol. The van der Waals surface area contributed by atoms with Crippen molar-refractivity contribution in [2.45, 2.75) is 5.16 Å². The van der Waals surface area contributed by atoms with Crippen LogP contribution in [0.15, 0.2) is 9.95 Å². The lowest BCUT2D eigenvalue weighted by Crippen LogP contribution is -2.19. The molecule has 0 aromatic carbocycles. The minimum absolute atomic E-state index is 0.0382. The normalized spacial score (nSPS) is 10.1. The molecule has 0 amide bonds. The van der Waals surface area contributed by atoms with Crippen molar-refractivity contribution >= 4 is 23.3 Å². The maximum Gasteiger partial charge on any atom is 0.276 e. The summed E-state index contributed by atoms with van der Waals surface area (Å²) < 4.78 is 0. The van der Waals surface area contributed by atoms with E-state index in [0.29, 0.717) is 17.5 Å². The van der Waals surface area contributed by atoms with E-state index in [2.05, 4.69) is 15.3 Å². The number of rotatable bonds is 4. The molecular weight excluding hydrogens is 204 g/mol. The zero-order valence-corrected chi connectivity index (χ0v) is 8.52. The average Bonchev–Trinajstić information content (AvgIpc) is 2.20. The maximum absolute atomic E-state index is 11.2. The molecule has 0 unspecified atom stereocenters. The summed E-state index contributed by atoms with van der Waals surface area (Å²) in [6.45, 7) is 0.275. The summed E-state index contributed by atoms with van der Waals surface area (Å²) in [5.74, 6) is 0.312. The van der Waals surface area contributed by atoms with E-state index in [1.165, 1.54) is 11.8 Å². The van der Waals surface area contributed by atoms with Gasteiger partial charge in [0.25, 0.3) is 5.56 Å². The molecule has 0 aliphatic heterocycles. The predicted molar refractivity (Wildman–Crippen MR) is 56.6 cm³/mol. The Balaban J connectivity index is 3.01. The molecule has 0 bridgehead atoms. The first kappa shape index (κ1) is 10.9. The zero-order chi connectivity index (χ0) is 10.6. The molecule has 78 valence electrons. The summed E-state index contributed by atoms with van der Waals surface area (Å²) >= 11 is 1.31. The highest BCUT2D eigenvalue weighted by molar-refractivity contribution is 7.98. The summed E-state index contributed by atoms with van der Waals surface area (Å²) in [5.41, 5.74) is 5.15. The van der Waals surface area contributed by atoms with Gasteiger partial charge in [0.2, 0.25) is 0 Å². The minimum atomic E-state index is -0.371. The Labute approximate surface area is 84.9 Å². The number of thioether (sulfide) groups is 1. The van der Waals surface area contributed by atoms with E-state index >= 15 is 0 Å². The summed E-state index contributed by atoms with van der Waals surface area (Å²) in [4.78, 5) is 17.8. The van der Waals surface area contributed by atoms with Crippen molar-refractivity contribution in [1.82, 2.24) is 9.97 Å². The fraction of sp³-hybridized carbons (Fsp3) is 0.429. The van der Waals surface area contributed by atoms with E-state index in [0.717, 1.165) is 0 Å². The van der Waals surface area contributed by atoms with Gasteiger partial charge in [0.05, 0.1) is 6.61 Å². The number of hydrogen-bond donors (Lipinski definition) is 4. The lowest BCUT2D eigenvalue weighted by molar-refractivity contribution is 0.311. The van der Waals surface area contributed by atoms with Crippen LogP contribution in [-0.4, -0.2) is 34.5 Å². The minimum Gasteiger partial charge on any atom is -0.395 e. The molecule has 1 aromatic rings. The van der Waals surface area contributed by atoms with Crippen LogP contribution in [0.2, 0.25) is 0 Å². The number of aromatic amines is 1. The van der Waals surface area contributed by atoms with Gasteiger partial charge >= 0.3 is 0 Å². The second-order valence-corrected chi connectivity index (χ2v) is 3.28. The van der Waals surface area contributed by atoms with Crippen molar-refractivity contribution in [1.29, 1.82) is 0 Å². The van der Waals surface area contributed by atoms with E-state index in [4.69, 9.17) is 10.8 Å². The molecule has 5 N–H and O–H groups in total. The molecule has 0 aliphatic carbocycles. The van der Waals surface area contributed by atoms with Gasteiger partial charge in [-0.3, -0.25) is 9.78 Å². The molecule has 0 fully saturated rings. The van der Waals surface area contributed by atoms with Gasteiger partial charge in [-0.05, 0) is 6.26 Å². The van der Waals surface area contributed by atoms with Crippen LogP contribution in [0.25, 0.3) is 0 Å².